The van der Waals surface area contributed by atoms with Gasteiger partial charge in [-0.05, 0) is 48.2 Å². The third-order valence-corrected chi connectivity index (χ3v) is 4.57. The number of aryl methyl sites for hydroxylation is 2. The third kappa shape index (κ3) is 4.01. The Morgan fingerprint density at radius 3 is 2.39 bits per heavy atom. The molecule has 0 unspecified atom stereocenters. The molecule has 0 aliphatic rings. The highest BCUT2D eigenvalue weighted by Gasteiger charge is 2.14. The lowest BCUT2D eigenvalue weighted by atomic mass is 9.98. The van der Waals surface area contributed by atoms with Gasteiger partial charge in [0.2, 0.25) is 0 Å². The minimum absolute atomic E-state index is 0.0437. The van der Waals surface area contributed by atoms with Crippen LogP contribution in [0.4, 0.5) is 10.2 Å². The number of nitrogens with one attached hydrogen (secondary N) is 1. The summed E-state index contributed by atoms with van der Waals surface area (Å²) >= 11 is 0. The van der Waals surface area contributed by atoms with E-state index in [2.05, 4.69) is 35.2 Å². The molecule has 1 N–H and O–H groups in total. The maximum Gasteiger partial charge on any atom is 0.259 e. The van der Waals surface area contributed by atoms with Crippen LogP contribution in [0.25, 0.3) is 11.3 Å². The van der Waals surface area contributed by atoms with Crippen LogP contribution in [0.1, 0.15) is 35.3 Å². The summed E-state index contributed by atoms with van der Waals surface area (Å²) in [5.41, 5.74) is 3.91. The molecule has 0 aliphatic heterocycles. The first kappa shape index (κ1) is 19.5. The van der Waals surface area contributed by atoms with Gasteiger partial charge in [-0.25, -0.2) is 9.37 Å². The largest absolute Gasteiger partial charge is 0.496 e. The van der Waals surface area contributed by atoms with E-state index in [4.69, 9.17) is 4.74 Å². The maximum absolute atomic E-state index is 13.7. The molecule has 0 radical (unpaired) electrons. The van der Waals surface area contributed by atoms with Gasteiger partial charge in [0.1, 0.15) is 11.6 Å². The Hall–Kier alpha value is -3.28. The van der Waals surface area contributed by atoms with Gasteiger partial charge >= 0.3 is 0 Å². The number of aromatic nitrogens is 2. The van der Waals surface area contributed by atoms with Crippen LogP contribution in [-0.2, 0) is 12.8 Å². The molecule has 0 fully saturated rings. The van der Waals surface area contributed by atoms with Gasteiger partial charge in [-0.3, -0.25) is 9.78 Å². The van der Waals surface area contributed by atoms with Crippen molar-refractivity contribution >= 4 is 11.7 Å². The number of carbonyl (C=O) groups is 1. The number of carbonyl (C=O) groups excluding carboxylic acids is 1. The Bertz CT molecular complexity index is 988. The summed E-state index contributed by atoms with van der Waals surface area (Å²) in [5.74, 6) is -0.181. The highest BCUT2D eigenvalue weighted by Crippen LogP contribution is 2.32. The molecule has 0 spiro atoms. The number of benzene rings is 2. The molecule has 6 heteroatoms. The second-order valence-corrected chi connectivity index (χ2v) is 6.25. The van der Waals surface area contributed by atoms with Crippen molar-refractivity contribution < 1.29 is 13.9 Å². The summed E-state index contributed by atoms with van der Waals surface area (Å²) in [7, 11) is 1.63. The fourth-order valence-electron chi connectivity index (χ4n) is 3.05. The highest BCUT2D eigenvalue weighted by molar-refractivity contribution is 6.03. The van der Waals surface area contributed by atoms with Crippen LogP contribution in [0.5, 0.6) is 5.75 Å². The van der Waals surface area contributed by atoms with Crippen molar-refractivity contribution in [2.24, 2.45) is 0 Å². The predicted molar refractivity (Wildman–Crippen MR) is 107 cm³/mol. The third-order valence-electron chi connectivity index (χ3n) is 4.57. The van der Waals surface area contributed by atoms with Crippen LogP contribution in [0.15, 0.2) is 48.8 Å². The lowest BCUT2D eigenvalue weighted by Gasteiger charge is -2.14. The monoisotopic (exact) mass is 379 g/mol. The number of anilines is 1. The number of hydrogen-bond acceptors (Lipinski definition) is 4. The van der Waals surface area contributed by atoms with Crippen LogP contribution in [-0.4, -0.2) is 23.0 Å². The molecule has 1 aromatic heterocycles. The van der Waals surface area contributed by atoms with E-state index in [0.29, 0.717) is 5.69 Å². The smallest absolute Gasteiger partial charge is 0.259 e. The molecule has 0 atom stereocenters. The van der Waals surface area contributed by atoms with Crippen LogP contribution < -0.4 is 10.1 Å². The van der Waals surface area contributed by atoms with E-state index in [1.165, 1.54) is 35.5 Å². The van der Waals surface area contributed by atoms with Crippen molar-refractivity contribution in [1.82, 2.24) is 9.97 Å². The van der Waals surface area contributed by atoms with Crippen LogP contribution in [0, 0.1) is 5.82 Å². The van der Waals surface area contributed by atoms with Gasteiger partial charge in [0.15, 0.2) is 5.82 Å². The molecule has 0 saturated heterocycles. The van der Waals surface area contributed by atoms with Crippen LogP contribution in [0.2, 0.25) is 0 Å². The summed E-state index contributed by atoms with van der Waals surface area (Å²) in [4.78, 5) is 20.9. The number of halogens is 1. The zero-order chi connectivity index (χ0) is 20.1. The van der Waals surface area contributed by atoms with Crippen molar-refractivity contribution in [2.75, 3.05) is 12.4 Å². The fourth-order valence-corrected chi connectivity index (χ4v) is 3.05. The van der Waals surface area contributed by atoms with E-state index in [1.807, 2.05) is 6.07 Å². The molecule has 144 valence electrons. The van der Waals surface area contributed by atoms with E-state index in [1.54, 1.807) is 19.4 Å². The van der Waals surface area contributed by atoms with Crippen molar-refractivity contribution in [3.8, 4) is 17.0 Å². The Morgan fingerprint density at radius 1 is 1.07 bits per heavy atom. The van der Waals surface area contributed by atoms with E-state index in [9.17, 15) is 9.18 Å². The number of methoxy groups -OCH3 is 1. The molecule has 3 rings (SSSR count). The molecule has 0 aliphatic carbocycles. The van der Waals surface area contributed by atoms with E-state index in [0.717, 1.165) is 24.2 Å². The Balaban J connectivity index is 1.87. The number of nitrogens with zero attached hydrogens (tertiary/aromatic N) is 2. The number of ether oxygens (including phenoxy) is 1. The molecule has 5 nitrogen and oxygen atoms in total. The lowest BCUT2D eigenvalue weighted by Crippen LogP contribution is -2.14. The SMILES string of the molecule is CCc1cc(OC)c(-c2cnc(NC(=O)c3ccccc3F)cn2)cc1CC. The van der Waals surface area contributed by atoms with Crippen molar-refractivity contribution in [1.29, 1.82) is 0 Å². The topological polar surface area (TPSA) is 64.1 Å². The van der Waals surface area contributed by atoms with Gasteiger partial charge in [-0.2, -0.15) is 0 Å². The zero-order valence-electron chi connectivity index (χ0n) is 16.1. The van der Waals surface area contributed by atoms with Crippen molar-refractivity contribution in [3.05, 3.63) is 71.3 Å². The lowest BCUT2D eigenvalue weighted by molar-refractivity contribution is 0.102. The van der Waals surface area contributed by atoms with Crippen LogP contribution in [0.3, 0.4) is 0 Å². The minimum atomic E-state index is -0.586. The molecule has 1 heterocycles. The predicted octanol–water partition coefficient (Wildman–Crippen LogP) is 4.67. The van der Waals surface area contributed by atoms with Gasteiger partial charge in [-0.1, -0.05) is 26.0 Å². The molecule has 28 heavy (non-hydrogen) atoms. The quantitative estimate of drug-likeness (QED) is 0.676. The van der Waals surface area contributed by atoms with E-state index < -0.39 is 11.7 Å². The normalized spacial score (nSPS) is 10.6. The standard InChI is InChI=1S/C22H22FN3O2/c1-4-14-10-17(20(28-3)11-15(14)5-2)19-12-25-21(13-24-19)26-22(27)16-8-6-7-9-18(16)23/h6-13H,4-5H2,1-3H3,(H,25,26,27). The molecule has 0 bridgehead atoms. The van der Waals surface area contributed by atoms with Gasteiger partial charge in [0, 0.05) is 5.56 Å². The molecule has 3 aromatic rings. The molecular formula is C22H22FN3O2. The zero-order valence-corrected chi connectivity index (χ0v) is 16.1. The number of rotatable bonds is 6. The highest BCUT2D eigenvalue weighted by atomic mass is 19.1. The molecule has 1 amide bonds. The van der Waals surface area contributed by atoms with Gasteiger partial charge in [-0.15, -0.1) is 0 Å². The van der Waals surface area contributed by atoms with Crippen molar-refractivity contribution in [3.63, 3.8) is 0 Å². The average Bonchev–Trinajstić information content (AvgIpc) is 2.73. The van der Waals surface area contributed by atoms with Crippen molar-refractivity contribution in [2.45, 2.75) is 26.7 Å². The van der Waals surface area contributed by atoms with E-state index >= 15 is 0 Å². The second kappa shape index (κ2) is 8.61. The summed E-state index contributed by atoms with van der Waals surface area (Å²) in [5, 5.41) is 2.56. The van der Waals surface area contributed by atoms with Gasteiger partial charge in [0.25, 0.3) is 5.91 Å². The Labute approximate surface area is 163 Å². The summed E-state index contributed by atoms with van der Waals surface area (Å²) in [6.45, 7) is 4.22. The summed E-state index contributed by atoms with van der Waals surface area (Å²) < 4.78 is 19.3. The van der Waals surface area contributed by atoms with Crippen LogP contribution >= 0.6 is 0 Å². The van der Waals surface area contributed by atoms with Gasteiger partial charge in [0.05, 0.1) is 30.8 Å². The minimum Gasteiger partial charge on any atom is -0.496 e. The Kier molecular flexibility index (Phi) is 5.99. The molecule has 0 saturated carbocycles. The summed E-state index contributed by atoms with van der Waals surface area (Å²) in [6.07, 6.45) is 4.85. The summed E-state index contributed by atoms with van der Waals surface area (Å²) in [6, 6.07) is 9.88. The first-order chi connectivity index (χ1) is 13.6. The number of hydrogen-bond donors (Lipinski definition) is 1. The first-order valence-electron chi connectivity index (χ1n) is 9.15. The number of amides is 1. The first-order valence-corrected chi connectivity index (χ1v) is 9.15. The van der Waals surface area contributed by atoms with E-state index in [-0.39, 0.29) is 11.4 Å². The average molecular weight is 379 g/mol. The Morgan fingerprint density at radius 2 is 1.79 bits per heavy atom. The second-order valence-electron chi connectivity index (χ2n) is 6.25. The fraction of sp³-hybridized carbons (Fsp3) is 0.227. The maximum atomic E-state index is 13.7. The molecular weight excluding hydrogens is 357 g/mol. The van der Waals surface area contributed by atoms with Gasteiger partial charge < -0.3 is 10.1 Å². The molecule has 2 aromatic carbocycles.